The molecule has 3 nitrogen and oxygen atoms in total. The number of epoxide rings is 2. The van der Waals surface area contributed by atoms with Crippen molar-refractivity contribution in [3.8, 4) is 0 Å². The summed E-state index contributed by atoms with van der Waals surface area (Å²) < 4.78 is 14.8. The van der Waals surface area contributed by atoms with Crippen molar-refractivity contribution in [2.75, 3.05) is 19.8 Å². The Morgan fingerprint density at radius 1 is 1.78 bits per heavy atom. The maximum Gasteiger partial charge on any atom is 0.168 e. The van der Waals surface area contributed by atoms with Crippen molar-refractivity contribution in [3.63, 3.8) is 0 Å². The molecule has 2 saturated heterocycles. The molecule has 0 radical (unpaired) electrons. The van der Waals surface area contributed by atoms with Gasteiger partial charge in [-0.1, -0.05) is 0 Å². The molecule has 2 fully saturated rings. The molecule has 2 heterocycles. The molecule has 2 aliphatic heterocycles. The molecule has 3 heteroatoms. The van der Waals surface area contributed by atoms with E-state index >= 15 is 0 Å². The van der Waals surface area contributed by atoms with Gasteiger partial charge in [-0.05, 0) is 0 Å². The molecule has 9 heavy (non-hydrogen) atoms. The molecule has 50 valence electrons. The van der Waals surface area contributed by atoms with Gasteiger partial charge in [0.15, 0.2) is 5.76 Å². The molecule has 0 aromatic heterocycles. The van der Waals surface area contributed by atoms with Crippen LogP contribution in [0.4, 0.5) is 0 Å². The fraction of sp³-hybridized carbons (Fsp3) is 0.667. The standard InChI is InChI=1S/C6H8O3/c1(5-3-8-5)7-2-6-4-9-6/h1,6H,2-4H2. The molecule has 0 saturated carbocycles. The minimum absolute atomic E-state index is 0.348. The number of ether oxygens (including phenoxy) is 3. The second kappa shape index (κ2) is 1.92. The lowest BCUT2D eigenvalue weighted by Gasteiger charge is -1.91. The van der Waals surface area contributed by atoms with E-state index in [0.717, 1.165) is 19.0 Å². The van der Waals surface area contributed by atoms with Crippen LogP contribution in [-0.4, -0.2) is 25.9 Å². The number of hydrogen-bond acceptors (Lipinski definition) is 3. The average molecular weight is 128 g/mol. The van der Waals surface area contributed by atoms with Crippen molar-refractivity contribution in [1.29, 1.82) is 0 Å². The summed E-state index contributed by atoms with van der Waals surface area (Å²) in [4.78, 5) is 0. The third kappa shape index (κ3) is 1.61. The summed E-state index contributed by atoms with van der Waals surface area (Å²) in [6.07, 6.45) is 2.00. The fourth-order valence-electron chi connectivity index (χ4n) is 0.522. The summed E-state index contributed by atoms with van der Waals surface area (Å²) in [6.45, 7) is 2.27. The van der Waals surface area contributed by atoms with Crippen molar-refractivity contribution < 1.29 is 14.2 Å². The molecule has 2 aliphatic rings. The van der Waals surface area contributed by atoms with Crippen LogP contribution in [0.3, 0.4) is 0 Å². The number of hydrogen-bond donors (Lipinski definition) is 0. The maximum absolute atomic E-state index is 5.07. The maximum atomic E-state index is 5.07. The molecular formula is C6H8O3. The lowest BCUT2D eigenvalue weighted by Crippen LogP contribution is -1.94. The molecule has 0 aromatic carbocycles. The Balaban J connectivity index is 1.60. The highest BCUT2D eigenvalue weighted by molar-refractivity contribution is 4.99. The van der Waals surface area contributed by atoms with E-state index in [9.17, 15) is 0 Å². The summed E-state index contributed by atoms with van der Waals surface area (Å²) in [5.41, 5.74) is 0. The van der Waals surface area contributed by atoms with Crippen LogP contribution < -0.4 is 0 Å². The van der Waals surface area contributed by atoms with E-state index < -0.39 is 0 Å². The minimum Gasteiger partial charge on any atom is -0.495 e. The second-order valence-corrected chi connectivity index (χ2v) is 2.16. The quantitative estimate of drug-likeness (QED) is 0.404. The van der Waals surface area contributed by atoms with Gasteiger partial charge in [-0.2, -0.15) is 0 Å². The Hall–Kier alpha value is -0.700. The van der Waals surface area contributed by atoms with E-state index in [0.29, 0.717) is 12.7 Å². The lowest BCUT2D eigenvalue weighted by molar-refractivity contribution is 0.209. The molecule has 1 atom stereocenters. The second-order valence-electron chi connectivity index (χ2n) is 2.16. The highest BCUT2D eigenvalue weighted by Crippen LogP contribution is 2.15. The summed E-state index contributed by atoms with van der Waals surface area (Å²) >= 11 is 0. The van der Waals surface area contributed by atoms with Crippen LogP contribution in [0.1, 0.15) is 0 Å². The van der Waals surface area contributed by atoms with Crippen LogP contribution in [0, 0.1) is 0 Å². The average Bonchev–Trinajstić information content (AvgIpc) is 2.57. The van der Waals surface area contributed by atoms with Gasteiger partial charge in [-0.25, -0.2) is 0 Å². The zero-order chi connectivity index (χ0) is 6.10. The Kier molecular flexibility index (Phi) is 1.09. The van der Waals surface area contributed by atoms with Crippen LogP contribution >= 0.6 is 0 Å². The van der Waals surface area contributed by atoms with Gasteiger partial charge in [-0.15, -0.1) is 0 Å². The first kappa shape index (κ1) is 5.11. The van der Waals surface area contributed by atoms with Crippen molar-refractivity contribution in [2.24, 2.45) is 0 Å². The molecule has 0 N–H and O–H groups in total. The lowest BCUT2D eigenvalue weighted by atomic mass is 10.5. The first-order valence-corrected chi connectivity index (χ1v) is 3.00. The topological polar surface area (TPSA) is 34.3 Å². The van der Waals surface area contributed by atoms with E-state index in [4.69, 9.17) is 14.2 Å². The highest BCUT2D eigenvalue weighted by atomic mass is 16.6. The van der Waals surface area contributed by atoms with Crippen LogP contribution in [0.5, 0.6) is 0 Å². The zero-order valence-corrected chi connectivity index (χ0v) is 5.00. The van der Waals surface area contributed by atoms with E-state index in [1.165, 1.54) is 0 Å². The van der Waals surface area contributed by atoms with E-state index in [-0.39, 0.29) is 0 Å². The van der Waals surface area contributed by atoms with Gasteiger partial charge < -0.3 is 14.2 Å². The van der Waals surface area contributed by atoms with Crippen molar-refractivity contribution in [2.45, 2.75) is 6.10 Å². The van der Waals surface area contributed by atoms with Crippen molar-refractivity contribution in [1.82, 2.24) is 0 Å². The Morgan fingerprint density at radius 2 is 2.56 bits per heavy atom. The Labute approximate surface area is 53.2 Å². The first-order chi connectivity index (χ1) is 4.45. The highest BCUT2D eigenvalue weighted by Gasteiger charge is 2.23. The minimum atomic E-state index is 0.348. The largest absolute Gasteiger partial charge is 0.495 e. The van der Waals surface area contributed by atoms with E-state index in [1.807, 2.05) is 0 Å². The summed E-state index contributed by atoms with van der Waals surface area (Å²) in [5.74, 6) is 0.940. The molecule has 0 amide bonds. The summed E-state index contributed by atoms with van der Waals surface area (Å²) in [5, 5.41) is 0. The van der Waals surface area contributed by atoms with Crippen LogP contribution in [-0.2, 0) is 14.2 Å². The van der Waals surface area contributed by atoms with E-state index in [1.54, 1.807) is 6.26 Å². The normalized spacial score (nSPS) is 33.8. The molecule has 2 rings (SSSR count). The summed E-state index contributed by atoms with van der Waals surface area (Å²) in [6, 6.07) is 0. The fourth-order valence-corrected chi connectivity index (χ4v) is 0.522. The summed E-state index contributed by atoms with van der Waals surface area (Å²) in [7, 11) is 0. The first-order valence-electron chi connectivity index (χ1n) is 3.00. The smallest absolute Gasteiger partial charge is 0.168 e. The molecule has 0 bridgehead atoms. The molecule has 0 spiro atoms. The van der Waals surface area contributed by atoms with Gasteiger partial charge in [0.25, 0.3) is 0 Å². The van der Waals surface area contributed by atoms with Crippen LogP contribution in [0.25, 0.3) is 0 Å². The SMILES string of the molecule is C(OCC1CO1)=C1CO1. The van der Waals surface area contributed by atoms with Gasteiger partial charge in [0.2, 0.25) is 0 Å². The molecular weight excluding hydrogens is 120 g/mol. The third-order valence-electron chi connectivity index (χ3n) is 1.21. The van der Waals surface area contributed by atoms with Gasteiger partial charge in [0.1, 0.15) is 25.6 Å². The third-order valence-corrected chi connectivity index (χ3v) is 1.21. The monoisotopic (exact) mass is 128 g/mol. The van der Waals surface area contributed by atoms with Gasteiger partial charge in [-0.3, -0.25) is 0 Å². The van der Waals surface area contributed by atoms with Crippen LogP contribution in [0.2, 0.25) is 0 Å². The van der Waals surface area contributed by atoms with Crippen molar-refractivity contribution >= 4 is 0 Å². The molecule has 1 unspecified atom stereocenters. The van der Waals surface area contributed by atoms with Gasteiger partial charge >= 0.3 is 0 Å². The van der Waals surface area contributed by atoms with Crippen molar-refractivity contribution in [3.05, 3.63) is 12.0 Å². The predicted molar refractivity (Wildman–Crippen MR) is 29.7 cm³/mol. The van der Waals surface area contributed by atoms with Gasteiger partial charge in [0, 0.05) is 0 Å². The molecule has 0 aliphatic carbocycles. The Bertz CT molecular complexity index is 131. The molecule has 0 aromatic rings. The predicted octanol–water partition coefficient (Wildman–Crippen LogP) is 0.273. The van der Waals surface area contributed by atoms with E-state index in [2.05, 4.69) is 0 Å². The Morgan fingerprint density at radius 3 is 3.11 bits per heavy atom. The number of rotatable bonds is 3. The zero-order valence-electron chi connectivity index (χ0n) is 5.00. The van der Waals surface area contributed by atoms with Crippen LogP contribution in [0.15, 0.2) is 12.0 Å². The van der Waals surface area contributed by atoms with Gasteiger partial charge in [0.05, 0.1) is 6.61 Å².